The van der Waals surface area contributed by atoms with Gasteiger partial charge in [0.15, 0.2) is 12.1 Å². The van der Waals surface area contributed by atoms with Crippen LogP contribution in [0.5, 0.6) is 0 Å². The standard InChI is InChI=1S/C5H11NO2P2S/c1-4(6-2)5(7)3-11-10(8)9/h4,6,9H,3H2,1-2H3/t4-/m0/s1. The number of nitrogens with one attached hydrogen (secondary N) is 1. The lowest BCUT2D eigenvalue weighted by Crippen LogP contribution is -2.31. The molecule has 0 saturated carbocycles. The zero-order valence-corrected chi connectivity index (χ0v) is 9.17. The summed E-state index contributed by atoms with van der Waals surface area (Å²) in [5.41, 5.74) is 0. The summed E-state index contributed by atoms with van der Waals surface area (Å²) < 4.78 is 10.5. The van der Waals surface area contributed by atoms with Crippen molar-refractivity contribution >= 4 is 32.0 Å². The van der Waals surface area contributed by atoms with Gasteiger partial charge in [-0.1, -0.05) is 11.4 Å². The Hall–Kier alpha value is 0.380. The molecule has 6 heteroatoms. The van der Waals surface area contributed by atoms with E-state index in [0.717, 1.165) is 11.4 Å². The monoisotopic (exact) mass is 211 g/mol. The van der Waals surface area contributed by atoms with Gasteiger partial charge in [0, 0.05) is 0 Å². The number of carbonyl (C=O) groups excluding carboxylic acids is 1. The van der Waals surface area contributed by atoms with E-state index >= 15 is 0 Å². The van der Waals surface area contributed by atoms with Crippen LogP contribution < -0.4 is 5.32 Å². The quantitative estimate of drug-likeness (QED) is 0.703. The number of hydrogen-bond acceptors (Lipinski definition) is 4. The summed E-state index contributed by atoms with van der Waals surface area (Å²) in [6.07, 6.45) is -1.44. The molecule has 0 fully saturated rings. The molecule has 0 aromatic carbocycles. The summed E-state index contributed by atoms with van der Waals surface area (Å²) in [6, 6.07) is -0.149. The average molecular weight is 211 g/mol. The number of Topliss-reactive ketones (excluding diaryl/α,β-unsaturated/α-hetero) is 1. The lowest BCUT2D eigenvalue weighted by molar-refractivity contribution is -0.118. The van der Waals surface area contributed by atoms with Crippen molar-refractivity contribution in [3.05, 3.63) is 0 Å². The first-order valence-electron chi connectivity index (χ1n) is 3.09. The Morgan fingerprint density at radius 3 is 2.73 bits per heavy atom. The molecule has 0 amide bonds. The van der Waals surface area contributed by atoms with E-state index in [2.05, 4.69) is 13.8 Å². The van der Waals surface area contributed by atoms with E-state index in [1.54, 1.807) is 14.0 Å². The number of ketones is 1. The summed E-state index contributed by atoms with van der Waals surface area (Å²) >= 11 is 1.12. The number of carbonyl (C=O) groups is 1. The van der Waals surface area contributed by atoms with Crippen LogP contribution in [0.15, 0.2) is 0 Å². The molecule has 0 bridgehead atoms. The van der Waals surface area contributed by atoms with Crippen LogP contribution >= 0.6 is 26.2 Å². The van der Waals surface area contributed by atoms with Crippen LogP contribution in [0.2, 0.25) is 0 Å². The van der Waals surface area contributed by atoms with E-state index in [1.165, 1.54) is 0 Å². The Labute approximate surface area is 72.9 Å². The van der Waals surface area contributed by atoms with Crippen molar-refractivity contribution in [3.63, 3.8) is 0 Å². The van der Waals surface area contributed by atoms with Crippen LogP contribution in [0, 0.1) is 0 Å². The average Bonchev–Trinajstić information content (AvgIpc) is 1.98. The summed E-state index contributed by atoms with van der Waals surface area (Å²) in [4.78, 5) is 11.0. The fourth-order valence-electron chi connectivity index (χ4n) is 0.408. The number of rotatable bonds is 5. The second kappa shape index (κ2) is 5.96. The first-order chi connectivity index (χ1) is 5.07. The molecular weight excluding hydrogens is 200 g/mol. The first-order valence-corrected chi connectivity index (χ1v) is 7.28. The third-order valence-electron chi connectivity index (χ3n) is 1.24. The van der Waals surface area contributed by atoms with Crippen molar-refractivity contribution < 1.29 is 9.36 Å². The highest BCUT2D eigenvalue weighted by molar-refractivity contribution is 8.56. The predicted octanol–water partition coefficient (Wildman–Crippen LogP) is 1.70. The predicted molar refractivity (Wildman–Crippen MR) is 51.9 cm³/mol. The summed E-state index contributed by atoms with van der Waals surface area (Å²) in [5, 5.41) is 2.81. The van der Waals surface area contributed by atoms with Gasteiger partial charge in [-0.05, 0) is 22.5 Å². The van der Waals surface area contributed by atoms with Crippen LogP contribution in [-0.4, -0.2) is 24.6 Å². The van der Waals surface area contributed by atoms with Gasteiger partial charge < -0.3 is 5.32 Å². The molecule has 0 radical (unpaired) electrons. The van der Waals surface area contributed by atoms with Crippen LogP contribution in [0.3, 0.4) is 0 Å². The largest absolute Gasteiger partial charge is 0.311 e. The fourth-order valence-corrected chi connectivity index (χ4v) is 2.22. The maximum Gasteiger partial charge on any atom is 0.177 e. The smallest absolute Gasteiger partial charge is 0.177 e. The Morgan fingerprint density at radius 2 is 2.36 bits per heavy atom. The molecule has 0 spiro atoms. The molecular formula is C5H11NO2P2S. The number of likely N-dealkylation sites (N-methyl/N-ethyl adjacent to an activating group) is 1. The highest BCUT2D eigenvalue weighted by Gasteiger charge is 2.09. The van der Waals surface area contributed by atoms with E-state index < -0.39 is 6.29 Å². The zero-order valence-electron chi connectivity index (χ0n) is 6.46. The van der Waals surface area contributed by atoms with Gasteiger partial charge in [0.25, 0.3) is 0 Å². The SMILES string of the molecule is CN[C@@H](C)C(=O)CSP(=O)=P. The molecule has 0 saturated heterocycles. The normalized spacial score (nSPS) is 14.2. The van der Waals surface area contributed by atoms with Gasteiger partial charge in [-0.25, -0.2) is 0 Å². The summed E-state index contributed by atoms with van der Waals surface area (Å²) in [5.74, 6) is 0.361. The van der Waals surface area contributed by atoms with Gasteiger partial charge in [-0.3, -0.25) is 9.36 Å². The molecule has 11 heavy (non-hydrogen) atoms. The van der Waals surface area contributed by atoms with Crippen LogP contribution in [-0.2, 0) is 9.36 Å². The van der Waals surface area contributed by atoms with Gasteiger partial charge in [-0.15, -0.1) is 0 Å². The molecule has 0 heterocycles. The van der Waals surface area contributed by atoms with Gasteiger partial charge in [0.2, 0.25) is 0 Å². The van der Waals surface area contributed by atoms with Gasteiger partial charge in [0.1, 0.15) is 0 Å². The van der Waals surface area contributed by atoms with E-state index in [4.69, 9.17) is 0 Å². The van der Waals surface area contributed by atoms with Crippen molar-refractivity contribution in [3.8, 4) is 0 Å². The third kappa shape index (κ3) is 5.63. The molecule has 0 aliphatic rings. The lowest BCUT2D eigenvalue weighted by atomic mass is 10.2. The van der Waals surface area contributed by atoms with Crippen molar-refractivity contribution in [1.29, 1.82) is 0 Å². The second-order valence-electron chi connectivity index (χ2n) is 2.01. The topological polar surface area (TPSA) is 46.2 Å². The first kappa shape index (κ1) is 11.4. The van der Waals surface area contributed by atoms with Gasteiger partial charge in [-0.2, -0.15) is 0 Å². The minimum absolute atomic E-state index is 0.0686. The zero-order chi connectivity index (χ0) is 8.85. The Balaban J connectivity index is 3.69. The van der Waals surface area contributed by atoms with E-state index in [9.17, 15) is 9.36 Å². The van der Waals surface area contributed by atoms with Gasteiger partial charge >= 0.3 is 0 Å². The fraction of sp³-hybridized carbons (Fsp3) is 0.800. The molecule has 1 unspecified atom stereocenters. The van der Waals surface area contributed by atoms with E-state index in [0.29, 0.717) is 5.75 Å². The molecule has 0 aromatic heterocycles. The molecule has 0 aliphatic heterocycles. The van der Waals surface area contributed by atoms with E-state index in [1.807, 2.05) is 0 Å². The second-order valence-corrected chi connectivity index (χ2v) is 7.03. The van der Waals surface area contributed by atoms with E-state index in [-0.39, 0.29) is 11.8 Å². The molecule has 0 rings (SSSR count). The molecule has 0 aromatic rings. The maximum absolute atomic E-state index is 11.0. The summed E-state index contributed by atoms with van der Waals surface area (Å²) in [7, 11) is 4.64. The highest BCUT2D eigenvalue weighted by atomic mass is 32.8. The number of hydrogen-bond donors (Lipinski definition) is 1. The van der Waals surface area contributed by atoms with Gasteiger partial charge in [0.05, 0.1) is 11.8 Å². The summed E-state index contributed by atoms with van der Waals surface area (Å²) in [6.45, 7) is 1.78. The molecule has 1 N–H and O–H groups in total. The molecule has 2 atom stereocenters. The Morgan fingerprint density at radius 1 is 1.82 bits per heavy atom. The Bertz CT molecular complexity index is 197. The molecule has 3 nitrogen and oxygen atoms in total. The molecule has 0 aliphatic carbocycles. The van der Waals surface area contributed by atoms with Crippen LogP contribution in [0.25, 0.3) is 0 Å². The van der Waals surface area contributed by atoms with Crippen molar-refractivity contribution in [2.75, 3.05) is 12.8 Å². The molecule has 64 valence electrons. The van der Waals surface area contributed by atoms with Crippen molar-refractivity contribution in [2.45, 2.75) is 13.0 Å². The third-order valence-corrected chi connectivity index (χ3v) is 4.14. The Kier molecular flexibility index (Phi) is 6.16. The van der Waals surface area contributed by atoms with Crippen molar-refractivity contribution in [2.24, 2.45) is 0 Å². The van der Waals surface area contributed by atoms with Crippen molar-refractivity contribution in [1.82, 2.24) is 5.32 Å². The van der Waals surface area contributed by atoms with Crippen LogP contribution in [0.1, 0.15) is 6.92 Å². The minimum Gasteiger partial charge on any atom is -0.311 e. The van der Waals surface area contributed by atoms with Crippen LogP contribution in [0.4, 0.5) is 0 Å². The lowest BCUT2D eigenvalue weighted by Gasteiger charge is -2.05. The maximum atomic E-state index is 11.0. The minimum atomic E-state index is -1.44. The highest BCUT2D eigenvalue weighted by Crippen LogP contribution is 2.30.